The molecule has 2 heterocycles. The SMILES string of the molecule is Cc1cc([N+](=O)[O-])nn1CC(=O)n1cc(Br)cn1. The largest absolute Gasteiger partial charge is 0.390 e. The summed E-state index contributed by atoms with van der Waals surface area (Å²) in [5, 5.41) is 18.1. The molecule has 0 N–H and O–H groups in total. The standard InChI is InChI=1S/C9H8BrN5O3/c1-6-2-8(15(17)18)12-13(6)5-9(16)14-4-7(10)3-11-14/h2-4H,5H2,1H3. The maximum absolute atomic E-state index is 11.8. The maximum atomic E-state index is 11.8. The fraction of sp³-hybridized carbons (Fsp3) is 0.222. The van der Waals surface area contributed by atoms with Crippen molar-refractivity contribution in [3.63, 3.8) is 0 Å². The van der Waals surface area contributed by atoms with Crippen LogP contribution in [0.15, 0.2) is 22.9 Å². The van der Waals surface area contributed by atoms with Crippen molar-refractivity contribution < 1.29 is 9.72 Å². The number of aryl methyl sites for hydroxylation is 1. The molecule has 18 heavy (non-hydrogen) atoms. The summed E-state index contributed by atoms with van der Waals surface area (Å²) in [7, 11) is 0. The van der Waals surface area contributed by atoms with E-state index in [-0.39, 0.29) is 18.3 Å². The molecule has 2 aromatic rings. The molecule has 2 rings (SSSR count). The number of carbonyl (C=O) groups excluding carboxylic acids is 1. The minimum Gasteiger partial charge on any atom is -0.358 e. The highest BCUT2D eigenvalue weighted by atomic mass is 79.9. The van der Waals surface area contributed by atoms with E-state index in [0.717, 1.165) is 4.68 Å². The van der Waals surface area contributed by atoms with Crippen LogP contribution in [0.25, 0.3) is 0 Å². The first-order valence-electron chi connectivity index (χ1n) is 4.89. The summed E-state index contributed by atoms with van der Waals surface area (Å²) in [6.45, 7) is 1.54. The highest BCUT2D eigenvalue weighted by Crippen LogP contribution is 2.11. The second kappa shape index (κ2) is 4.69. The monoisotopic (exact) mass is 313 g/mol. The average molecular weight is 314 g/mol. The molecule has 0 saturated carbocycles. The third-order valence-electron chi connectivity index (χ3n) is 2.25. The number of nitro groups is 1. The van der Waals surface area contributed by atoms with E-state index in [1.165, 1.54) is 23.1 Å². The summed E-state index contributed by atoms with van der Waals surface area (Å²) >= 11 is 3.18. The number of rotatable bonds is 3. The van der Waals surface area contributed by atoms with Crippen LogP contribution in [0.4, 0.5) is 5.82 Å². The van der Waals surface area contributed by atoms with Gasteiger partial charge in [-0.15, -0.1) is 0 Å². The Balaban J connectivity index is 2.19. The first-order valence-corrected chi connectivity index (χ1v) is 5.69. The highest BCUT2D eigenvalue weighted by Gasteiger charge is 2.18. The van der Waals surface area contributed by atoms with Crippen molar-refractivity contribution in [3.05, 3.63) is 38.7 Å². The molecule has 0 spiro atoms. The molecule has 2 aromatic heterocycles. The summed E-state index contributed by atoms with van der Waals surface area (Å²) < 4.78 is 3.10. The third kappa shape index (κ3) is 2.45. The van der Waals surface area contributed by atoms with Crippen LogP contribution in [0.3, 0.4) is 0 Å². The van der Waals surface area contributed by atoms with Crippen LogP contribution in [0.5, 0.6) is 0 Å². The molecule has 9 heteroatoms. The Hall–Kier alpha value is -2.03. The van der Waals surface area contributed by atoms with E-state index >= 15 is 0 Å². The lowest BCUT2D eigenvalue weighted by Gasteiger charge is -1.99. The number of hydrogen-bond donors (Lipinski definition) is 0. The predicted octanol–water partition coefficient (Wildman–Crippen LogP) is 1.40. The van der Waals surface area contributed by atoms with Crippen molar-refractivity contribution >= 4 is 27.7 Å². The van der Waals surface area contributed by atoms with E-state index in [1.54, 1.807) is 6.92 Å². The lowest BCUT2D eigenvalue weighted by Crippen LogP contribution is -2.19. The molecule has 0 radical (unpaired) electrons. The van der Waals surface area contributed by atoms with Gasteiger partial charge in [0.25, 0.3) is 5.91 Å². The molecule has 0 bridgehead atoms. The average Bonchev–Trinajstić information content (AvgIpc) is 2.86. The second-order valence-electron chi connectivity index (χ2n) is 3.56. The van der Waals surface area contributed by atoms with Crippen LogP contribution in [0.2, 0.25) is 0 Å². The zero-order valence-corrected chi connectivity index (χ0v) is 10.9. The topological polar surface area (TPSA) is 95.9 Å². The zero-order valence-electron chi connectivity index (χ0n) is 9.28. The molecule has 0 unspecified atom stereocenters. The highest BCUT2D eigenvalue weighted by molar-refractivity contribution is 9.10. The van der Waals surface area contributed by atoms with Gasteiger partial charge >= 0.3 is 5.82 Å². The number of carbonyl (C=O) groups is 1. The molecule has 0 aliphatic carbocycles. The van der Waals surface area contributed by atoms with Crippen LogP contribution < -0.4 is 0 Å². The number of hydrogen-bond acceptors (Lipinski definition) is 5. The molecule has 8 nitrogen and oxygen atoms in total. The number of aromatic nitrogens is 4. The maximum Gasteiger partial charge on any atom is 0.390 e. The van der Waals surface area contributed by atoms with Gasteiger partial charge in [-0.25, -0.2) is 4.68 Å². The van der Waals surface area contributed by atoms with Crippen molar-refractivity contribution in [2.75, 3.05) is 0 Å². The van der Waals surface area contributed by atoms with E-state index in [4.69, 9.17) is 0 Å². The van der Waals surface area contributed by atoms with Crippen molar-refractivity contribution in [1.29, 1.82) is 0 Å². The summed E-state index contributed by atoms with van der Waals surface area (Å²) in [5.74, 6) is -0.608. The fourth-order valence-corrected chi connectivity index (χ4v) is 1.67. The Labute approximate surface area is 109 Å². The van der Waals surface area contributed by atoms with Gasteiger partial charge in [0.1, 0.15) is 6.54 Å². The molecule has 0 aromatic carbocycles. The fourth-order valence-electron chi connectivity index (χ4n) is 1.38. The normalized spacial score (nSPS) is 10.6. The van der Waals surface area contributed by atoms with Gasteiger partial charge in [0.2, 0.25) is 0 Å². The number of halogens is 1. The molecule has 0 aliphatic rings. The van der Waals surface area contributed by atoms with Gasteiger partial charge in [-0.2, -0.15) is 9.78 Å². The van der Waals surface area contributed by atoms with Gasteiger partial charge in [-0.1, -0.05) is 0 Å². The van der Waals surface area contributed by atoms with Gasteiger partial charge in [0.05, 0.1) is 27.5 Å². The van der Waals surface area contributed by atoms with Crippen LogP contribution in [0, 0.1) is 17.0 Å². The zero-order chi connectivity index (χ0) is 13.3. The van der Waals surface area contributed by atoms with Gasteiger partial charge < -0.3 is 10.1 Å². The van der Waals surface area contributed by atoms with E-state index in [0.29, 0.717) is 10.2 Å². The van der Waals surface area contributed by atoms with Crippen LogP contribution in [0.1, 0.15) is 10.5 Å². The lowest BCUT2D eigenvalue weighted by molar-refractivity contribution is -0.389. The first kappa shape index (κ1) is 12.4. The van der Waals surface area contributed by atoms with E-state index in [1.807, 2.05) is 0 Å². The van der Waals surface area contributed by atoms with Crippen LogP contribution in [-0.2, 0) is 6.54 Å². The molecule has 94 valence electrons. The van der Waals surface area contributed by atoms with Gasteiger partial charge in [0.15, 0.2) is 0 Å². The Morgan fingerprint density at radius 2 is 2.33 bits per heavy atom. The first-order chi connectivity index (χ1) is 8.47. The Morgan fingerprint density at radius 1 is 1.61 bits per heavy atom. The van der Waals surface area contributed by atoms with Crippen LogP contribution >= 0.6 is 15.9 Å². The minimum absolute atomic E-state index is 0.103. The smallest absolute Gasteiger partial charge is 0.358 e. The molecule has 0 saturated heterocycles. The summed E-state index contributed by atoms with van der Waals surface area (Å²) in [6, 6.07) is 1.31. The second-order valence-corrected chi connectivity index (χ2v) is 4.47. The Bertz CT molecular complexity index is 618. The quantitative estimate of drug-likeness (QED) is 0.630. The van der Waals surface area contributed by atoms with Gasteiger partial charge in [-0.05, 0) is 27.8 Å². The Kier molecular flexibility index (Phi) is 3.24. The summed E-state index contributed by atoms with van der Waals surface area (Å²) in [6.07, 6.45) is 2.99. The van der Waals surface area contributed by atoms with E-state index in [2.05, 4.69) is 26.1 Å². The third-order valence-corrected chi connectivity index (χ3v) is 2.66. The van der Waals surface area contributed by atoms with Gasteiger partial charge in [0, 0.05) is 6.20 Å². The van der Waals surface area contributed by atoms with E-state index < -0.39 is 4.92 Å². The lowest BCUT2D eigenvalue weighted by atomic mass is 10.4. The minimum atomic E-state index is -0.599. The Morgan fingerprint density at radius 3 is 2.83 bits per heavy atom. The molecular formula is C9H8BrN5O3. The molecule has 0 atom stereocenters. The van der Waals surface area contributed by atoms with Crippen molar-refractivity contribution in [1.82, 2.24) is 19.6 Å². The van der Waals surface area contributed by atoms with Gasteiger partial charge in [-0.3, -0.25) is 4.79 Å². The number of nitrogens with zero attached hydrogens (tertiary/aromatic N) is 5. The van der Waals surface area contributed by atoms with E-state index in [9.17, 15) is 14.9 Å². The van der Waals surface area contributed by atoms with Crippen LogP contribution in [-0.4, -0.2) is 30.4 Å². The molecular weight excluding hydrogens is 306 g/mol. The molecule has 0 fully saturated rings. The summed E-state index contributed by atoms with van der Waals surface area (Å²) in [5.41, 5.74) is 0.543. The van der Waals surface area contributed by atoms with Crippen molar-refractivity contribution in [2.24, 2.45) is 0 Å². The summed E-state index contributed by atoms with van der Waals surface area (Å²) in [4.78, 5) is 21.8. The van der Waals surface area contributed by atoms with Crippen molar-refractivity contribution in [3.8, 4) is 0 Å². The predicted molar refractivity (Wildman–Crippen MR) is 64.2 cm³/mol. The van der Waals surface area contributed by atoms with Crippen molar-refractivity contribution in [2.45, 2.75) is 13.5 Å². The molecule has 0 aliphatic heterocycles. The molecule has 0 amide bonds.